The van der Waals surface area contributed by atoms with Gasteiger partial charge in [-0.25, -0.2) is 5.48 Å². The van der Waals surface area contributed by atoms with Gasteiger partial charge < -0.3 is 10.1 Å². The smallest absolute Gasteiger partial charge is 0.281 e. The number of nitrogens with one attached hydrogen (secondary N) is 2. The van der Waals surface area contributed by atoms with Gasteiger partial charge in [-0.3, -0.25) is 19.8 Å². The third-order valence-corrected chi connectivity index (χ3v) is 3.54. The summed E-state index contributed by atoms with van der Waals surface area (Å²) < 4.78 is 5.20. The Morgan fingerprint density at radius 3 is 3.00 bits per heavy atom. The van der Waals surface area contributed by atoms with Crippen molar-refractivity contribution < 1.29 is 19.5 Å². The molecule has 0 aromatic carbocycles. The molecule has 24 heavy (non-hydrogen) atoms. The summed E-state index contributed by atoms with van der Waals surface area (Å²) in [6.45, 7) is 0.279. The van der Waals surface area contributed by atoms with E-state index in [0.29, 0.717) is 18.7 Å². The Morgan fingerprint density at radius 1 is 1.46 bits per heavy atom. The maximum Gasteiger partial charge on any atom is 0.281 e. The van der Waals surface area contributed by atoms with Crippen LogP contribution in [0.15, 0.2) is 52.9 Å². The standard InChI is InChI=1S/C17H21N3O4/c21-16(19-11-14-2-1-9-18-10-14)8-5-13-3-6-15(7-4-13)24-12-17(22)20-23/h3,5-10,13,23H,1-2,4,11-12H2,(H,19,21)(H,20,22)/b8-5+/t13-/m0/s1. The lowest BCUT2D eigenvalue weighted by Crippen LogP contribution is -2.24. The van der Waals surface area contributed by atoms with E-state index in [9.17, 15) is 9.59 Å². The van der Waals surface area contributed by atoms with E-state index in [1.165, 1.54) is 11.6 Å². The minimum Gasteiger partial charge on any atom is -0.484 e. The predicted molar refractivity (Wildman–Crippen MR) is 89.2 cm³/mol. The van der Waals surface area contributed by atoms with Gasteiger partial charge in [-0.1, -0.05) is 12.2 Å². The molecular weight excluding hydrogens is 310 g/mol. The van der Waals surface area contributed by atoms with Crippen molar-refractivity contribution in [2.75, 3.05) is 13.2 Å². The Kier molecular flexibility index (Phi) is 6.97. The molecule has 2 rings (SSSR count). The Labute approximate surface area is 140 Å². The molecule has 3 N–H and O–H groups in total. The van der Waals surface area contributed by atoms with E-state index in [4.69, 9.17) is 9.94 Å². The van der Waals surface area contributed by atoms with Crippen molar-refractivity contribution in [2.24, 2.45) is 10.9 Å². The number of nitrogens with zero attached hydrogens (tertiary/aromatic N) is 1. The fourth-order valence-corrected chi connectivity index (χ4v) is 2.20. The van der Waals surface area contributed by atoms with Crippen LogP contribution in [0.1, 0.15) is 19.3 Å². The zero-order chi connectivity index (χ0) is 17.2. The summed E-state index contributed by atoms with van der Waals surface area (Å²) in [5, 5.41) is 11.2. The number of hydrogen-bond donors (Lipinski definition) is 3. The van der Waals surface area contributed by atoms with Gasteiger partial charge in [0, 0.05) is 19.0 Å². The summed E-state index contributed by atoms with van der Waals surface area (Å²) in [6, 6.07) is 0. The highest BCUT2D eigenvalue weighted by molar-refractivity contribution is 5.87. The van der Waals surface area contributed by atoms with Crippen LogP contribution in [0.4, 0.5) is 0 Å². The monoisotopic (exact) mass is 331 g/mol. The van der Waals surface area contributed by atoms with Gasteiger partial charge in [-0.15, -0.1) is 0 Å². The lowest BCUT2D eigenvalue weighted by atomic mass is 9.99. The SMILES string of the molecule is O=C(/C=C/[C@H]1C=CC(OCC(=O)NO)=CC1)NCC1=CN=CCC1. The van der Waals surface area contributed by atoms with E-state index >= 15 is 0 Å². The molecule has 1 heterocycles. The number of rotatable bonds is 7. The van der Waals surface area contributed by atoms with Crippen molar-refractivity contribution in [3.63, 3.8) is 0 Å². The van der Waals surface area contributed by atoms with Gasteiger partial charge in [0.05, 0.1) is 0 Å². The van der Waals surface area contributed by atoms with E-state index < -0.39 is 5.91 Å². The van der Waals surface area contributed by atoms with Gasteiger partial charge in [0.2, 0.25) is 5.91 Å². The lowest BCUT2D eigenvalue weighted by molar-refractivity contribution is -0.132. The second-order valence-corrected chi connectivity index (χ2v) is 5.42. The fraction of sp³-hybridized carbons (Fsp3) is 0.353. The van der Waals surface area contributed by atoms with Crippen molar-refractivity contribution in [2.45, 2.75) is 19.3 Å². The van der Waals surface area contributed by atoms with E-state index in [2.05, 4.69) is 10.3 Å². The van der Waals surface area contributed by atoms with Crippen LogP contribution in [-0.4, -0.2) is 36.4 Å². The number of hydrogen-bond acceptors (Lipinski definition) is 5. The lowest BCUT2D eigenvalue weighted by Gasteiger charge is -2.13. The molecule has 7 heteroatoms. The molecule has 0 radical (unpaired) electrons. The van der Waals surface area contributed by atoms with Crippen molar-refractivity contribution in [3.8, 4) is 0 Å². The van der Waals surface area contributed by atoms with Gasteiger partial charge in [0.1, 0.15) is 5.76 Å². The number of allylic oxidation sites excluding steroid dienone is 4. The van der Waals surface area contributed by atoms with Crippen LogP contribution >= 0.6 is 0 Å². The number of carbonyl (C=O) groups is 2. The van der Waals surface area contributed by atoms with E-state index in [1.807, 2.05) is 24.4 Å². The second kappa shape index (κ2) is 9.46. The normalized spacial score (nSPS) is 19.6. The zero-order valence-electron chi connectivity index (χ0n) is 13.3. The molecule has 0 bridgehead atoms. The van der Waals surface area contributed by atoms with E-state index in [0.717, 1.165) is 18.4 Å². The number of hydroxylamine groups is 1. The molecular formula is C17H21N3O4. The van der Waals surface area contributed by atoms with Gasteiger partial charge in [-0.2, -0.15) is 0 Å². The molecule has 2 aliphatic rings. The average Bonchev–Trinajstić information content (AvgIpc) is 2.64. The predicted octanol–water partition coefficient (Wildman–Crippen LogP) is 1.39. The maximum absolute atomic E-state index is 11.8. The van der Waals surface area contributed by atoms with E-state index in [1.54, 1.807) is 12.3 Å². The van der Waals surface area contributed by atoms with Crippen LogP contribution in [0.5, 0.6) is 0 Å². The summed E-state index contributed by atoms with van der Waals surface area (Å²) in [4.78, 5) is 26.7. The molecule has 0 spiro atoms. The van der Waals surface area contributed by atoms with Gasteiger partial charge >= 0.3 is 0 Å². The maximum atomic E-state index is 11.8. The molecule has 2 amide bonds. The van der Waals surface area contributed by atoms with E-state index in [-0.39, 0.29) is 18.4 Å². The first-order valence-electron chi connectivity index (χ1n) is 7.77. The van der Waals surface area contributed by atoms with Crippen LogP contribution in [-0.2, 0) is 14.3 Å². The summed E-state index contributed by atoms with van der Waals surface area (Å²) in [5.41, 5.74) is 2.62. The molecule has 1 atom stereocenters. The molecule has 0 saturated heterocycles. The largest absolute Gasteiger partial charge is 0.484 e. The highest BCUT2D eigenvalue weighted by Gasteiger charge is 2.09. The molecule has 0 unspecified atom stereocenters. The first-order valence-corrected chi connectivity index (χ1v) is 7.77. The third-order valence-electron chi connectivity index (χ3n) is 3.54. The van der Waals surface area contributed by atoms with Crippen LogP contribution in [0, 0.1) is 5.92 Å². The molecule has 0 aromatic rings. The van der Waals surface area contributed by atoms with Crippen LogP contribution in [0.25, 0.3) is 0 Å². The van der Waals surface area contributed by atoms with Crippen molar-refractivity contribution >= 4 is 18.0 Å². The Hall–Kier alpha value is -2.67. The molecule has 0 fully saturated rings. The Morgan fingerprint density at radius 2 is 2.33 bits per heavy atom. The molecule has 0 saturated carbocycles. The number of carbonyl (C=O) groups excluding carboxylic acids is 2. The first-order chi connectivity index (χ1) is 11.7. The van der Waals surface area contributed by atoms with Crippen molar-refractivity contribution in [1.82, 2.24) is 10.8 Å². The minimum atomic E-state index is -0.609. The average molecular weight is 331 g/mol. The second-order valence-electron chi connectivity index (χ2n) is 5.42. The van der Waals surface area contributed by atoms with Crippen molar-refractivity contribution in [3.05, 3.63) is 47.9 Å². The fourth-order valence-electron chi connectivity index (χ4n) is 2.20. The molecule has 1 aliphatic carbocycles. The van der Waals surface area contributed by atoms with Crippen LogP contribution < -0.4 is 10.8 Å². The number of aliphatic imine (C=N–C) groups is 1. The quantitative estimate of drug-likeness (QED) is 0.373. The minimum absolute atomic E-state index is 0.105. The highest BCUT2D eigenvalue weighted by Crippen LogP contribution is 2.18. The summed E-state index contributed by atoms with van der Waals surface area (Å²) in [5.74, 6) is -0.0722. The molecule has 7 nitrogen and oxygen atoms in total. The molecule has 0 aromatic heterocycles. The first kappa shape index (κ1) is 17.7. The van der Waals surface area contributed by atoms with Crippen LogP contribution in [0.3, 0.4) is 0 Å². The van der Waals surface area contributed by atoms with Gasteiger partial charge in [-0.05, 0) is 49.0 Å². The number of ether oxygens (including phenoxy) is 1. The Balaban J connectivity index is 1.69. The number of amides is 2. The zero-order valence-corrected chi connectivity index (χ0v) is 13.3. The Bertz CT molecular complexity index is 617. The summed E-state index contributed by atoms with van der Waals surface area (Å²) in [6.07, 6.45) is 15.0. The third kappa shape index (κ3) is 6.21. The topological polar surface area (TPSA) is 100 Å². The van der Waals surface area contributed by atoms with Gasteiger partial charge in [0.15, 0.2) is 6.61 Å². The van der Waals surface area contributed by atoms with Gasteiger partial charge in [0.25, 0.3) is 5.91 Å². The summed E-state index contributed by atoms with van der Waals surface area (Å²) in [7, 11) is 0. The van der Waals surface area contributed by atoms with Crippen molar-refractivity contribution in [1.29, 1.82) is 0 Å². The highest BCUT2D eigenvalue weighted by atomic mass is 16.5. The molecule has 128 valence electrons. The molecule has 1 aliphatic heterocycles. The summed E-state index contributed by atoms with van der Waals surface area (Å²) >= 11 is 0. The van der Waals surface area contributed by atoms with Crippen LogP contribution in [0.2, 0.25) is 0 Å².